The molecule has 0 aromatic carbocycles. The van der Waals surface area contributed by atoms with Gasteiger partial charge in [-0.15, -0.1) is 0 Å². The van der Waals surface area contributed by atoms with Gasteiger partial charge in [-0.3, -0.25) is 4.98 Å². The van der Waals surface area contributed by atoms with E-state index in [0.29, 0.717) is 0 Å². The Bertz CT molecular complexity index is 591. The molecule has 1 rings (SSSR count). The van der Waals surface area contributed by atoms with E-state index >= 15 is 0 Å². The Morgan fingerprint density at radius 2 is 2.33 bits per heavy atom. The van der Waals surface area contributed by atoms with Gasteiger partial charge in [0.25, 0.3) is 0 Å². The van der Waals surface area contributed by atoms with Gasteiger partial charge in [0.15, 0.2) is 5.25 Å². The zero-order valence-corrected chi connectivity index (χ0v) is 10.3. The van der Waals surface area contributed by atoms with Crippen LogP contribution in [0.15, 0.2) is 18.3 Å². The van der Waals surface area contributed by atoms with Gasteiger partial charge in [-0.25, -0.2) is 17.9 Å². The van der Waals surface area contributed by atoms with Crippen LogP contribution in [0.5, 0.6) is 0 Å². The number of carboxylic acid groups (broad SMARTS) is 1. The molecule has 0 amide bonds. The highest BCUT2D eigenvalue weighted by molar-refractivity contribution is 7.90. The van der Waals surface area contributed by atoms with Crippen molar-refractivity contribution >= 4 is 16.0 Å². The SMILES string of the molecule is CC(C#N)S(=O)(=O)NCc1cc(C(=O)O)ccn1. The maximum Gasteiger partial charge on any atom is 0.335 e. The van der Waals surface area contributed by atoms with E-state index in [1.165, 1.54) is 25.3 Å². The zero-order valence-electron chi connectivity index (χ0n) is 9.49. The van der Waals surface area contributed by atoms with Crippen LogP contribution in [-0.2, 0) is 16.6 Å². The number of hydrogen-bond donors (Lipinski definition) is 2. The Morgan fingerprint density at radius 1 is 1.67 bits per heavy atom. The summed E-state index contributed by atoms with van der Waals surface area (Å²) in [7, 11) is -3.74. The van der Waals surface area contributed by atoms with Crippen LogP contribution in [-0.4, -0.2) is 29.7 Å². The first-order chi connectivity index (χ1) is 8.36. The van der Waals surface area contributed by atoms with Crippen molar-refractivity contribution in [3.63, 3.8) is 0 Å². The minimum absolute atomic E-state index is 0.0209. The van der Waals surface area contributed by atoms with Gasteiger partial charge >= 0.3 is 5.97 Å². The highest BCUT2D eigenvalue weighted by Gasteiger charge is 2.19. The Morgan fingerprint density at radius 3 is 2.89 bits per heavy atom. The first-order valence-corrected chi connectivity index (χ1v) is 6.48. The summed E-state index contributed by atoms with van der Waals surface area (Å²) in [6.07, 6.45) is 1.28. The third-order valence-corrected chi connectivity index (χ3v) is 3.75. The molecule has 18 heavy (non-hydrogen) atoms. The fourth-order valence-corrected chi connectivity index (χ4v) is 1.81. The number of aromatic carboxylic acids is 1. The second kappa shape index (κ2) is 5.57. The summed E-state index contributed by atoms with van der Waals surface area (Å²) in [6, 6.07) is 4.18. The molecule has 0 spiro atoms. The highest BCUT2D eigenvalue weighted by atomic mass is 32.2. The monoisotopic (exact) mass is 269 g/mol. The summed E-state index contributed by atoms with van der Waals surface area (Å²) < 4.78 is 25.1. The van der Waals surface area contributed by atoms with Crippen LogP contribution in [0.2, 0.25) is 0 Å². The first kappa shape index (κ1) is 14.1. The average Bonchev–Trinajstić information content (AvgIpc) is 2.35. The van der Waals surface area contributed by atoms with Crippen molar-refractivity contribution in [1.82, 2.24) is 9.71 Å². The van der Waals surface area contributed by atoms with Crippen LogP contribution in [0.4, 0.5) is 0 Å². The summed E-state index contributed by atoms with van der Waals surface area (Å²) in [5.74, 6) is -1.12. The second-order valence-corrected chi connectivity index (χ2v) is 5.56. The quantitative estimate of drug-likeness (QED) is 0.782. The van der Waals surface area contributed by atoms with Gasteiger partial charge in [-0.05, 0) is 19.1 Å². The number of carbonyl (C=O) groups is 1. The topological polar surface area (TPSA) is 120 Å². The summed E-state index contributed by atoms with van der Waals surface area (Å²) >= 11 is 0. The standard InChI is InChI=1S/C10H11N3O4S/c1-7(5-11)18(16,17)13-6-9-4-8(10(14)15)2-3-12-9/h2-4,7,13H,6H2,1H3,(H,14,15). The van der Waals surface area contributed by atoms with Crippen LogP contribution in [0, 0.1) is 11.3 Å². The Balaban J connectivity index is 2.79. The third kappa shape index (κ3) is 3.51. The van der Waals surface area contributed by atoms with E-state index in [1.54, 1.807) is 6.07 Å². The molecule has 0 aliphatic rings. The number of rotatable bonds is 5. The fourth-order valence-electron chi connectivity index (χ4n) is 1.08. The van der Waals surface area contributed by atoms with Crippen molar-refractivity contribution in [2.24, 2.45) is 0 Å². The summed E-state index contributed by atoms with van der Waals surface area (Å²) in [4.78, 5) is 14.5. The molecule has 0 bridgehead atoms. The van der Waals surface area contributed by atoms with Crippen molar-refractivity contribution in [3.8, 4) is 6.07 Å². The van der Waals surface area contributed by atoms with Crippen molar-refractivity contribution in [3.05, 3.63) is 29.6 Å². The van der Waals surface area contributed by atoms with E-state index in [4.69, 9.17) is 10.4 Å². The smallest absolute Gasteiger partial charge is 0.335 e. The second-order valence-electron chi connectivity index (χ2n) is 3.48. The normalized spacial score (nSPS) is 12.7. The fraction of sp³-hybridized carbons (Fsp3) is 0.300. The van der Waals surface area contributed by atoms with Gasteiger partial charge in [0.2, 0.25) is 10.0 Å². The summed E-state index contributed by atoms with van der Waals surface area (Å²) in [5, 5.41) is 16.1. The molecule has 96 valence electrons. The number of nitriles is 1. The molecule has 1 unspecified atom stereocenters. The number of nitrogens with zero attached hydrogens (tertiary/aromatic N) is 2. The Hall–Kier alpha value is -1.98. The summed E-state index contributed by atoms with van der Waals surface area (Å²) in [5.41, 5.74) is 0.288. The van der Waals surface area contributed by atoms with Gasteiger partial charge in [-0.1, -0.05) is 0 Å². The van der Waals surface area contributed by atoms with Gasteiger partial charge in [0.05, 0.1) is 23.9 Å². The van der Waals surface area contributed by atoms with E-state index in [0.717, 1.165) is 0 Å². The first-order valence-electron chi connectivity index (χ1n) is 4.93. The molecule has 0 saturated carbocycles. The molecule has 1 heterocycles. The maximum atomic E-state index is 11.5. The molecule has 0 aliphatic carbocycles. The van der Waals surface area contributed by atoms with E-state index < -0.39 is 21.2 Å². The van der Waals surface area contributed by atoms with Crippen molar-refractivity contribution in [2.75, 3.05) is 0 Å². The molecule has 1 atom stereocenters. The molecule has 1 aromatic rings. The van der Waals surface area contributed by atoms with Gasteiger partial charge < -0.3 is 5.11 Å². The maximum absolute atomic E-state index is 11.5. The highest BCUT2D eigenvalue weighted by Crippen LogP contribution is 2.03. The number of hydrogen-bond acceptors (Lipinski definition) is 5. The molecule has 2 N–H and O–H groups in total. The van der Waals surface area contributed by atoms with Crippen LogP contribution >= 0.6 is 0 Å². The number of aromatic nitrogens is 1. The molecular formula is C10H11N3O4S. The lowest BCUT2D eigenvalue weighted by atomic mass is 10.2. The van der Waals surface area contributed by atoms with Crippen molar-refractivity contribution in [2.45, 2.75) is 18.7 Å². The third-order valence-electron chi connectivity index (χ3n) is 2.17. The lowest BCUT2D eigenvalue weighted by molar-refractivity contribution is 0.0696. The number of pyridine rings is 1. The predicted octanol–water partition coefficient (Wildman–Crippen LogP) is 0.111. The van der Waals surface area contributed by atoms with Crippen molar-refractivity contribution in [1.29, 1.82) is 5.26 Å². The van der Waals surface area contributed by atoms with Gasteiger partial charge in [0.1, 0.15) is 0 Å². The van der Waals surface area contributed by atoms with E-state index in [-0.39, 0.29) is 17.8 Å². The molecule has 0 saturated heterocycles. The molecule has 0 radical (unpaired) electrons. The van der Waals surface area contributed by atoms with Crippen LogP contribution in [0.3, 0.4) is 0 Å². The largest absolute Gasteiger partial charge is 0.478 e. The molecular weight excluding hydrogens is 258 g/mol. The minimum Gasteiger partial charge on any atom is -0.478 e. The number of carboxylic acids is 1. The molecule has 0 aliphatic heterocycles. The lowest BCUT2D eigenvalue weighted by Gasteiger charge is -2.07. The van der Waals surface area contributed by atoms with Crippen LogP contribution in [0.1, 0.15) is 23.0 Å². The number of sulfonamides is 1. The Labute approximate surface area is 104 Å². The molecule has 0 fully saturated rings. The van der Waals surface area contributed by atoms with Crippen molar-refractivity contribution < 1.29 is 18.3 Å². The van der Waals surface area contributed by atoms with E-state index in [9.17, 15) is 13.2 Å². The van der Waals surface area contributed by atoms with Gasteiger partial charge in [-0.2, -0.15) is 5.26 Å². The molecule has 8 heteroatoms. The Kier molecular flexibility index (Phi) is 4.36. The molecule has 1 aromatic heterocycles. The predicted molar refractivity (Wildman–Crippen MR) is 62.0 cm³/mol. The lowest BCUT2D eigenvalue weighted by Crippen LogP contribution is -2.31. The zero-order chi connectivity index (χ0) is 13.8. The van der Waals surface area contributed by atoms with Crippen LogP contribution in [0.25, 0.3) is 0 Å². The van der Waals surface area contributed by atoms with E-state index in [2.05, 4.69) is 9.71 Å². The minimum atomic E-state index is -3.74. The molecule has 7 nitrogen and oxygen atoms in total. The summed E-state index contributed by atoms with van der Waals surface area (Å²) in [6.45, 7) is 1.10. The number of nitrogens with one attached hydrogen (secondary N) is 1. The van der Waals surface area contributed by atoms with Crippen LogP contribution < -0.4 is 4.72 Å². The van der Waals surface area contributed by atoms with Gasteiger partial charge in [0, 0.05) is 6.20 Å². The van der Waals surface area contributed by atoms with E-state index in [1.807, 2.05) is 0 Å². The average molecular weight is 269 g/mol.